The molecule has 5 rings (SSSR count). The number of hydrogen-bond donors (Lipinski definition) is 2. The molecule has 0 fully saturated rings. The predicted octanol–water partition coefficient (Wildman–Crippen LogP) is 3.67. The molecule has 0 spiro atoms. The molecular weight excluding hydrogens is 456 g/mol. The van der Waals surface area contributed by atoms with Gasteiger partial charge in [0, 0.05) is 29.0 Å². The SMILES string of the molecule is CC(=O)OCCN1C(=O)[C@@H](NC(=O)c2cc3ccccc3[nH]2)N=C(c2ccccc2)c2ccccc21. The molecular formula is C28H24N4O4. The van der Waals surface area contributed by atoms with Gasteiger partial charge in [-0.25, -0.2) is 4.99 Å². The van der Waals surface area contributed by atoms with Crippen molar-refractivity contribution in [2.24, 2.45) is 4.99 Å². The highest BCUT2D eigenvalue weighted by Gasteiger charge is 2.33. The van der Waals surface area contributed by atoms with Crippen LogP contribution in [0, 0.1) is 0 Å². The number of benzene rings is 3. The molecule has 1 aliphatic rings. The molecule has 180 valence electrons. The quantitative estimate of drug-likeness (QED) is 0.411. The van der Waals surface area contributed by atoms with Gasteiger partial charge in [-0.15, -0.1) is 0 Å². The lowest BCUT2D eigenvalue weighted by atomic mass is 10.0. The number of ether oxygens (including phenoxy) is 1. The molecule has 0 saturated carbocycles. The number of nitrogens with zero attached hydrogens (tertiary/aromatic N) is 2. The summed E-state index contributed by atoms with van der Waals surface area (Å²) in [7, 11) is 0. The van der Waals surface area contributed by atoms with E-state index in [0.29, 0.717) is 17.1 Å². The number of carbonyl (C=O) groups is 3. The van der Waals surface area contributed by atoms with E-state index in [-0.39, 0.29) is 13.2 Å². The molecule has 1 aliphatic heterocycles. The molecule has 4 aromatic rings. The number of hydrogen-bond acceptors (Lipinski definition) is 5. The first-order valence-electron chi connectivity index (χ1n) is 11.6. The molecule has 2 amide bonds. The Kier molecular flexibility index (Phi) is 6.32. The maximum Gasteiger partial charge on any atom is 0.302 e. The lowest BCUT2D eigenvalue weighted by Crippen LogP contribution is -2.48. The Morgan fingerprint density at radius 2 is 1.72 bits per heavy atom. The van der Waals surface area contributed by atoms with Crippen molar-refractivity contribution >= 4 is 40.1 Å². The van der Waals surface area contributed by atoms with E-state index in [9.17, 15) is 14.4 Å². The summed E-state index contributed by atoms with van der Waals surface area (Å²) in [5.41, 5.74) is 3.90. The summed E-state index contributed by atoms with van der Waals surface area (Å²) in [5, 5.41) is 3.68. The van der Waals surface area contributed by atoms with E-state index in [1.807, 2.05) is 78.9 Å². The fourth-order valence-electron chi connectivity index (χ4n) is 4.26. The first kappa shape index (κ1) is 23.0. The number of aliphatic imine (C=N–C) groups is 1. The molecule has 0 aliphatic carbocycles. The van der Waals surface area contributed by atoms with Gasteiger partial charge in [0.2, 0.25) is 6.17 Å². The van der Waals surface area contributed by atoms with Gasteiger partial charge in [0.1, 0.15) is 12.3 Å². The van der Waals surface area contributed by atoms with Crippen molar-refractivity contribution in [1.29, 1.82) is 0 Å². The van der Waals surface area contributed by atoms with Gasteiger partial charge in [0.25, 0.3) is 11.8 Å². The third-order valence-corrected chi connectivity index (χ3v) is 5.92. The molecule has 0 bridgehead atoms. The van der Waals surface area contributed by atoms with E-state index < -0.39 is 23.9 Å². The summed E-state index contributed by atoms with van der Waals surface area (Å²) in [6.07, 6.45) is -1.19. The third-order valence-electron chi connectivity index (χ3n) is 5.92. The smallest absolute Gasteiger partial charge is 0.302 e. The number of nitrogens with one attached hydrogen (secondary N) is 2. The van der Waals surface area contributed by atoms with Crippen LogP contribution in [0.15, 0.2) is 89.9 Å². The molecule has 1 aromatic heterocycles. The van der Waals surface area contributed by atoms with E-state index in [1.165, 1.54) is 11.8 Å². The second-order valence-electron chi connectivity index (χ2n) is 8.34. The van der Waals surface area contributed by atoms with Crippen LogP contribution in [-0.2, 0) is 14.3 Å². The number of aromatic nitrogens is 1. The van der Waals surface area contributed by atoms with Crippen LogP contribution in [0.25, 0.3) is 10.9 Å². The topological polar surface area (TPSA) is 104 Å². The molecule has 8 heteroatoms. The zero-order valence-corrected chi connectivity index (χ0v) is 19.6. The molecule has 36 heavy (non-hydrogen) atoms. The minimum absolute atomic E-state index is 0.0127. The van der Waals surface area contributed by atoms with Crippen molar-refractivity contribution in [2.45, 2.75) is 13.1 Å². The van der Waals surface area contributed by atoms with E-state index in [4.69, 9.17) is 9.73 Å². The lowest BCUT2D eigenvalue weighted by Gasteiger charge is -2.25. The number of H-pyrrole nitrogens is 1. The molecule has 0 saturated heterocycles. The fraction of sp³-hybridized carbons (Fsp3) is 0.143. The number of para-hydroxylation sites is 2. The molecule has 0 radical (unpaired) electrons. The van der Waals surface area contributed by atoms with E-state index in [1.54, 1.807) is 6.07 Å². The van der Waals surface area contributed by atoms with Gasteiger partial charge in [0.15, 0.2) is 0 Å². The normalized spacial score (nSPS) is 15.1. The number of fused-ring (bicyclic) bond motifs is 2. The van der Waals surface area contributed by atoms with Gasteiger partial charge in [-0.2, -0.15) is 0 Å². The first-order valence-corrected chi connectivity index (χ1v) is 11.6. The highest BCUT2D eigenvalue weighted by atomic mass is 16.5. The van der Waals surface area contributed by atoms with E-state index >= 15 is 0 Å². The predicted molar refractivity (Wildman–Crippen MR) is 137 cm³/mol. The summed E-state index contributed by atoms with van der Waals surface area (Å²) in [4.78, 5) is 47.7. The Morgan fingerprint density at radius 1 is 1.00 bits per heavy atom. The van der Waals surface area contributed by atoms with Crippen molar-refractivity contribution in [3.8, 4) is 0 Å². The average Bonchev–Trinajstić information content (AvgIpc) is 3.29. The van der Waals surface area contributed by atoms with Gasteiger partial charge in [-0.05, 0) is 18.2 Å². The van der Waals surface area contributed by atoms with Crippen LogP contribution in [0.2, 0.25) is 0 Å². The lowest BCUT2D eigenvalue weighted by molar-refractivity contribution is -0.141. The molecule has 3 aromatic carbocycles. The zero-order valence-electron chi connectivity index (χ0n) is 19.6. The maximum atomic E-state index is 13.8. The zero-order chi connectivity index (χ0) is 25.1. The van der Waals surface area contributed by atoms with Crippen LogP contribution in [0.4, 0.5) is 5.69 Å². The first-order chi connectivity index (χ1) is 17.5. The highest BCUT2D eigenvalue weighted by Crippen LogP contribution is 2.28. The van der Waals surface area contributed by atoms with Crippen molar-refractivity contribution in [1.82, 2.24) is 10.3 Å². The minimum atomic E-state index is -1.19. The second-order valence-corrected chi connectivity index (χ2v) is 8.34. The molecule has 1 atom stereocenters. The largest absolute Gasteiger partial charge is 0.464 e. The monoisotopic (exact) mass is 480 g/mol. The minimum Gasteiger partial charge on any atom is -0.464 e. The van der Waals surface area contributed by atoms with Crippen molar-refractivity contribution in [3.63, 3.8) is 0 Å². The summed E-state index contributed by atoms with van der Waals surface area (Å²) >= 11 is 0. The van der Waals surface area contributed by atoms with Gasteiger partial charge in [0.05, 0.1) is 17.9 Å². The van der Waals surface area contributed by atoms with Crippen LogP contribution in [-0.4, -0.2) is 47.8 Å². The fourth-order valence-corrected chi connectivity index (χ4v) is 4.26. The van der Waals surface area contributed by atoms with Gasteiger partial charge in [-0.3, -0.25) is 14.4 Å². The van der Waals surface area contributed by atoms with Crippen LogP contribution < -0.4 is 10.2 Å². The van der Waals surface area contributed by atoms with Crippen LogP contribution in [0.5, 0.6) is 0 Å². The Morgan fingerprint density at radius 3 is 2.50 bits per heavy atom. The number of benzodiazepines with no additional fused rings is 1. The Balaban J connectivity index is 1.55. The maximum absolute atomic E-state index is 13.8. The summed E-state index contributed by atoms with van der Waals surface area (Å²) in [6.45, 7) is 1.45. The number of carbonyl (C=O) groups excluding carboxylic acids is 3. The molecule has 0 unspecified atom stereocenters. The second kappa shape index (κ2) is 9.87. The molecule has 2 heterocycles. The number of esters is 1. The Labute approximate surface area is 207 Å². The summed E-state index contributed by atoms with van der Waals surface area (Å²) in [5.74, 6) is -1.31. The van der Waals surface area contributed by atoms with Crippen LogP contribution in [0.3, 0.4) is 0 Å². The number of anilines is 1. The molecule has 8 nitrogen and oxygen atoms in total. The van der Waals surface area contributed by atoms with Crippen molar-refractivity contribution in [2.75, 3.05) is 18.1 Å². The number of amides is 2. The van der Waals surface area contributed by atoms with E-state index in [2.05, 4.69) is 10.3 Å². The molecule has 2 N–H and O–H groups in total. The van der Waals surface area contributed by atoms with E-state index in [0.717, 1.165) is 22.0 Å². The Hall–Kier alpha value is -4.72. The number of rotatable bonds is 6. The van der Waals surface area contributed by atoms with Crippen molar-refractivity contribution < 1.29 is 19.1 Å². The van der Waals surface area contributed by atoms with Crippen LogP contribution in [0.1, 0.15) is 28.5 Å². The Bertz CT molecular complexity index is 1440. The summed E-state index contributed by atoms with van der Waals surface area (Å²) < 4.78 is 5.12. The average molecular weight is 481 g/mol. The van der Waals surface area contributed by atoms with Gasteiger partial charge < -0.3 is 19.9 Å². The van der Waals surface area contributed by atoms with Gasteiger partial charge in [-0.1, -0.05) is 66.7 Å². The standard InChI is InChI=1S/C28H24N4O4/c1-18(33)36-16-15-32-24-14-8-6-12-21(24)25(19-9-3-2-4-10-19)30-26(28(32)35)31-27(34)23-17-20-11-5-7-13-22(20)29-23/h2-14,17,26,29H,15-16H2,1H3,(H,31,34)/t26-/m1/s1. The van der Waals surface area contributed by atoms with Gasteiger partial charge >= 0.3 is 5.97 Å². The van der Waals surface area contributed by atoms with Crippen molar-refractivity contribution in [3.05, 3.63) is 102 Å². The highest BCUT2D eigenvalue weighted by molar-refractivity contribution is 6.20. The van der Waals surface area contributed by atoms with Crippen LogP contribution >= 0.6 is 0 Å². The summed E-state index contributed by atoms with van der Waals surface area (Å²) in [6, 6.07) is 26.2. The third kappa shape index (κ3) is 4.61. The number of aromatic amines is 1.